The summed E-state index contributed by atoms with van der Waals surface area (Å²) in [5.74, 6) is 2.14. The van der Waals surface area contributed by atoms with Gasteiger partial charge in [0.1, 0.15) is 23.1 Å². The number of rotatable bonds is 6. The molecule has 39 heavy (non-hydrogen) atoms. The molecule has 3 N–H and O–H groups in total. The summed E-state index contributed by atoms with van der Waals surface area (Å²) in [6.07, 6.45) is 9.31. The van der Waals surface area contributed by atoms with Crippen molar-refractivity contribution >= 4 is 22.1 Å². The molecule has 0 saturated carbocycles. The van der Waals surface area contributed by atoms with Crippen LogP contribution < -0.4 is 14.8 Å². The van der Waals surface area contributed by atoms with Gasteiger partial charge in [-0.05, 0) is 61.8 Å². The first-order chi connectivity index (χ1) is 19.2. The predicted octanol–water partition coefficient (Wildman–Crippen LogP) is 4.76. The van der Waals surface area contributed by atoms with Gasteiger partial charge in [-0.3, -0.25) is 15.1 Å². The Balaban J connectivity index is 1.25. The number of H-pyrrole nitrogens is 2. The molecular weight excluding hydrogens is 492 g/mol. The molecule has 1 aromatic carbocycles. The molecule has 1 aliphatic heterocycles. The van der Waals surface area contributed by atoms with Crippen LogP contribution in [-0.4, -0.2) is 61.4 Å². The highest BCUT2D eigenvalue weighted by atomic mass is 16.5. The molecule has 0 bridgehead atoms. The highest BCUT2D eigenvalue weighted by molar-refractivity contribution is 5.95. The van der Waals surface area contributed by atoms with Crippen molar-refractivity contribution in [1.82, 2.24) is 40.4 Å². The number of piperidine rings is 1. The van der Waals surface area contributed by atoms with Gasteiger partial charge < -0.3 is 19.8 Å². The lowest BCUT2D eigenvalue weighted by molar-refractivity contribution is 0.162. The zero-order chi connectivity index (χ0) is 26.2. The van der Waals surface area contributed by atoms with Crippen molar-refractivity contribution in [3.05, 3.63) is 67.3 Å². The lowest BCUT2D eigenvalue weighted by Gasteiger charge is -2.23. The summed E-state index contributed by atoms with van der Waals surface area (Å²) in [6, 6.07) is 13.8. The Morgan fingerprint density at radius 1 is 0.821 bits per heavy atom. The third-order valence-corrected chi connectivity index (χ3v) is 7.00. The number of nitrogens with zero attached hydrogens (tertiary/aromatic N) is 5. The Labute approximate surface area is 223 Å². The van der Waals surface area contributed by atoms with Crippen molar-refractivity contribution < 1.29 is 9.47 Å². The number of ether oxygens (including phenoxy) is 2. The van der Waals surface area contributed by atoms with Crippen molar-refractivity contribution in [2.24, 2.45) is 0 Å². The molecule has 0 atom stereocenters. The fourth-order valence-electron chi connectivity index (χ4n) is 5.00. The van der Waals surface area contributed by atoms with Crippen LogP contribution >= 0.6 is 0 Å². The van der Waals surface area contributed by atoms with Gasteiger partial charge in [0.2, 0.25) is 0 Å². The second-order valence-corrected chi connectivity index (χ2v) is 9.54. The van der Waals surface area contributed by atoms with Crippen LogP contribution in [0.3, 0.4) is 0 Å². The Bertz CT molecular complexity index is 1790. The van der Waals surface area contributed by atoms with E-state index < -0.39 is 0 Å². The zero-order valence-electron chi connectivity index (χ0n) is 21.3. The molecule has 6 aromatic rings. The van der Waals surface area contributed by atoms with Crippen molar-refractivity contribution in [3.8, 4) is 45.4 Å². The van der Waals surface area contributed by atoms with Crippen LogP contribution in [0, 0.1) is 0 Å². The lowest BCUT2D eigenvalue weighted by Crippen LogP contribution is -2.34. The minimum absolute atomic E-state index is 0.198. The highest BCUT2D eigenvalue weighted by Crippen LogP contribution is 2.32. The van der Waals surface area contributed by atoms with Gasteiger partial charge in [-0.15, -0.1) is 0 Å². The van der Waals surface area contributed by atoms with Crippen LogP contribution in [0.15, 0.2) is 67.3 Å². The monoisotopic (exact) mass is 518 g/mol. The molecule has 0 spiro atoms. The van der Waals surface area contributed by atoms with E-state index in [-0.39, 0.29) is 6.10 Å². The number of hydrogen-bond acceptors (Lipinski definition) is 8. The maximum atomic E-state index is 6.20. The molecule has 0 radical (unpaired) electrons. The quantitative estimate of drug-likeness (QED) is 0.288. The molecule has 7 rings (SSSR count). The standard InChI is InChI=1S/C29H26N8O2/c1-38-20-4-2-3-17(11-20)22-15-32-16-25-26(22)35-29(34-25)28-27-24(36-37-28)6-5-23(33-27)18-12-21(14-31-13-18)39-19-7-9-30-10-8-19/h2-6,11-16,19,30H,7-10H2,1H3,(H,34,35)(H,36,37). The summed E-state index contributed by atoms with van der Waals surface area (Å²) < 4.78 is 11.6. The van der Waals surface area contributed by atoms with E-state index in [1.54, 1.807) is 25.7 Å². The summed E-state index contributed by atoms with van der Waals surface area (Å²) >= 11 is 0. The summed E-state index contributed by atoms with van der Waals surface area (Å²) in [5.41, 5.74) is 7.30. The number of aromatic amines is 2. The van der Waals surface area contributed by atoms with E-state index in [0.29, 0.717) is 17.0 Å². The third kappa shape index (κ3) is 4.44. The molecule has 10 nitrogen and oxygen atoms in total. The summed E-state index contributed by atoms with van der Waals surface area (Å²) in [6.45, 7) is 1.94. The smallest absolute Gasteiger partial charge is 0.161 e. The van der Waals surface area contributed by atoms with Gasteiger partial charge in [0.25, 0.3) is 0 Å². The van der Waals surface area contributed by atoms with E-state index in [1.807, 2.05) is 48.7 Å². The number of aromatic nitrogens is 7. The van der Waals surface area contributed by atoms with Gasteiger partial charge in [0, 0.05) is 23.5 Å². The maximum absolute atomic E-state index is 6.20. The van der Waals surface area contributed by atoms with Crippen LogP contribution in [0.1, 0.15) is 12.8 Å². The first-order valence-corrected chi connectivity index (χ1v) is 12.9. The van der Waals surface area contributed by atoms with Crippen LogP contribution in [0.25, 0.3) is 56.0 Å². The van der Waals surface area contributed by atoms with E-state index in [4.69, 9.17) is 19.4 Å². The minimum atomic E-state index is 0.198. The number of pyridine rings is 3. The molecule has 1 saturated heterocycles. The van der Waals surface area contributed by atoms with Crippen molar-refractivity contribution in [2.75, 3.05) is 20.2 Å². The van der Waals surface area contributed by atoms with Gasteiger partial charge in [0.05, 0.1) is 41.7 Å². The molecule has 0 aliphatic carbocycles. The van der Waals surface area contributed by atoms with Crippen molar-refractivity contribution in [3.63, 3.8) is 0 Å². The first kappa shape index (κ1) is 23.3. The number of fused-ring (bicyclic) bond motifs is 2. The molecule has 10 heteroatoms. The number of hydrogen-bond donors (Lipinski definition) is 3. The Hall–Kier alpha value is -4.83. The SMILES string of the molecule is COc1cccc(-c2cncc3[nH]c(-c4n[nH]c5ccc(-c6cncc(OC7CCNCC7)c6)nc45)nc23)c1. The summed E-state index contributed by atoms with van der Waals surface area (Å²) in [5, 5.41) is 11.0. The normalized spacial score (nSPS) is 14.2. The lowest BCUT2D eigenvalue weighted by atomic mass is 10.1. The molecule has 1 fully saturated rings. The van der Waals surface area contributed by atoms with Gasteiger partial charge in [-0.25, -0.2) is 9.97 Å². The summed E-state index contributed by atoms with van der Waals surface area (Å²) in [4.78, 5) is 22.1. The zero-order valence-corrected chi connectivity index (χ0v) is 21.3. The van der Waals surface area contributed by atoms with Gasteiger partial charge >= 0.3 is 0 Å². The molecule has 1 aliphatic rings. The van der Waals surface area contributed by atoms with Gasteiger partial charge in [-0.1, -0.05) is 12.1 Å². The van der Waals surface area contributed by atoms with Gasteiger partial charge in [-0.2, -0.15) is 5.10 Å². The number of nitrogens with one attached hydrogen (secondary N) is 3. The molecular formula is C29H26N8O2. The fourth-order valence-corrected chi connectivity index (χ4v) is 5.00. The minimum Gasteiger partial charge on any atom is -0.497 e. The molecule has 194 valence electrons. The fraction of sp³-hybridized carbons (Fsp3) is 0.207. The largest absolute Gasteiger partial charge is 0.497 e. The Morgan fingerprint density at radius 3 is 2.59 bits per heavy atom. The Morgan fingerprint density at radius 2 is 1.69 bits per heavy atom. The average Bonchev–Trinajstić information content (AvgIpc) is 3.61. The Kier molecular flexibility index (Phi) is 5.86. The van der Waals surface area contributed by atoms with Crippen LogP contribution in [0.5, 0.6) is 11.5 Å². The van der Waals surface area contributed by atoms with Crippen LogP contribution in [0.4, 0.5) is 0 Å². The predicted molar refractivity (Wildman–Crippen MR) is 149 cm³/mol. The first-order valence-electron chi connectivity index (χ1n) is 12.9. The second kappa shape index (κ2) is 9.80. The molecule has 5 aromatic heterocycles. The molecule has 6 heterocycles. The average molecular weight is 519 g/mol. The number of imidazole rings is 1. The number of benzene rings is 1. The van der Waals surface area contributed by atoms with E-state index in [1.165, 1.54) is 0 Å². The second-order valence-electron chi connectivity index (χ2n) is 9.54. The topological polar surface area (TPSA) is 127 Å². The molecule has 0 unspecified atom stereocenters. The van der Waals surface area contributed by atoms with Crippen molar-refractivity contribution in [2.45, 2.75) is 18.9 Å². The molecule has 0 amide bonds. The van der Waals surface area contributed by atoms with Crippen LogP contribution in [0.2, 0.25) is 0 Å². The van der Waals surface area contributed by atoms with Crippen LogP contribution in [-0.2, 0) is 0 Å². The maximum Gasteiger partial charge on any atom is 0.161 e. The van der Waals surface area contributed by atoms with Gasteiger partial charge in [0.15, 0.2) is 11.5 Å². The third-order valence-electron chi connectivity index (χ3n) is 7.00. The van der Waals surface area contributed by atoms with E-state index in [0.717, 1.165) is 76.4 Å². The number of methoxy groups -OCH3 is 1. The van der Waals surface area contributed by atoms with Crippen molar-refractivity contribution in [1.29, 1.82) is 0 Å². The van der Waals surface area contributed by atoms with E-state index in [2.05, 4.69) is 30.5 Å². The van der Waals surface area contributed by atoms with E-state index in [9.17, 15) is 0 Å². The highest BCUT2D eigenvalue weighted by Gasteiger charge is 2.18. The van der Waals surface area contributed by atoms with E-state index >= 15 is 0 Å². The summed E-state index contributed by atoms with van der Waals surface area (Å²) in [7, 11) is 1.66.